The van der Waals surface area contributed by atoms with Crippen molar-refractivity contribution in [3.63, 3.8) is 0 Å². The van der Waals surface area contributed by atoms with E-state index in [0.29, 0.717) is 31.4 Å². The summed E-state index contributed by atoms with van der Waals surface area (Å²) in [7, 11) is 0. The minimum Gasteiger partial charge on any atom is -0.369 e. The Morgan fingerprint density at radius 2 is 1.94 bits per heavy atom. The molecule has 0 spiro atoms. The number of nitrogens with zero attached hydrogens (tertiary/aromatic N) is 7. The van der Waals surface area contributed by atoms with E-state index in [1.807, 2.05) is 18.7 Å². The van der Waals surface area contributed by atoms with Gasteiger partial charge in [0.05, 0.1) is 11.9 Å². The molecule has 13 heteroatoms. The van der Waals surface area contributed by atoms with Crippen LogP contribution in [0.1, 0.15) is 50.1 Å². The van der Waals surface area contributed by atoms with Crippen LogP contribution in [0.2, 0.25) is 0 Å². The normalized spacial score (nSPS) is 18.8. The van der Waals surface area contributed by atoms with Crippen molar-refractivity contribution >= 4 is 39.2 Å². The molecule has 1 fully saturated rings. The minimum absolute atomic E-state index is 0.0751. The van der Waals surface area contributed by atoms with Crippen molar-refractivity contribution in [2.75, 3.05) is 29.4 Å². The number of nitrogens with two attached hydrogens (primary N) is 1. The molecule has 0 saturated carbocycles. The Morgan fingerprint density at radius 3 is 2.64 bits per heavy atom. The molecule has 194 valence electrons. The van der Waals surface area contributed by atoms with Gasteiger partial charge in [-0.25, -0.2) is 4.98 Å². The molecule has 1 amide bonds. The molecule has 3 aromatic rings. The van der Waals surface area contributed by atoms with Crippen molar-refractivity contribution in [1.82, 2.24) is 24.7 Å². The van der Waals surface area contributed by atoms with Crippen LogP contribution < -0.4 is 15.5 Å². The summed E-state index contributed by atoms with van der Waals surface area (Å²) in [6, 6.07) is 2.09. The zero-order valence-corrected chi connectivity index (χ0v) is 21.3. The monoisotopic (exact) mass is 522 g/mol. The predicted molar refractivity (Wildman–Crippen MR) is 131 cm³/mol. The van der Waals surface area contributed by atoms with E-state index < -0.39 is 17.4 Å². The number of hydrogen-bond donors (Lipinski definition) is 1. The number of rotatable bonds is 6. The third kappa shape index (κ3) is 4.27. The fraction of sp³-hybridized carbons (Fsp3) is 0.609. The van der Waals surface area contributed by atoms with Gasteiger partial charge in [0.25, 0.3) is 0 Å². The van der Waals surface area contributed by atoms with E-state index in [2.05, 4.69) is 28.1 Å². The lowest BCUT2D eigenvalue weighted by Gasteiger charge is -2.30. The van der Waals surface area contributed by atoms with E-state index >= 15 is 0 Å². The first-order valence-electron chi connectivity index (χ1n) is 12.1. The van der Waals surface area contributed by atoms with Gasteiger partial charge in [-0.2, -0.15) is 18.2 Å². The van der Waals surface area contributed by atoms with Crippen LogP contribution in [0.15, 0.2) is 6.07 Å². The Bertz CT molecular complexity index is 1300. The molecule has 1 atom stereocenters. The first-order chi connectivity index (χ1) is 17.0. The number of anilines is 2. The number of primary amides is 1. The molecule has 9 nitrogen and oxygen atoms in total. The maximum absolute atomic E-state index is 13.3. The highest BCUT2D eigenvalue weighted by Crippen LogP contribution is 2.39. The molecule has 1 saturated heterocycles. The summed E-state index contributed by atoms with van der Waals surface area (Å²) >= 11 is 1.62. The van der Waals surface area contributed by atoms with Crippen LogP contribution in [-0.4, -0.2) is 50.3 Å². The van der Waals surface area contributed by atoms with Crippen LogP contribution in [-0.2, 0) is 30.5 Å². The van der Waals surface area contributed by atoms with E-state index in [1.165, 1.54) is 4.88 Å². The number of alkyl halides is 3. The molecule has 2 aliphatic heterocycles. The van der Waals surface area contributed by atoms with Crippen molar-refractivity contribution in [2.24, 2.45) is 17.1 Å². The Kier molecular flexibility index (Phi) is 6.08. The summed E-state index contributed by atoms with van der Waals surface area (Å²) in [5.74, 6) is 0.291. The number of hydrogen-bond acceptors (Lipinski definition) is 8. The highest BCUT2D eigenvalue weighted by Gasteiger charge is 2.41. The Balaban J connectivity index is 1.50. The number of aryl methyl sites for hydroxylation is 1. The second-order valence-corrected chi connectivity index (χ2v) is 11.2. The fourth-order valence-corrected chi connectivity index (χ4v) is 6.10. The van der Waals surface area contributed by atoms with Gasteiger partial charge in [0, 0.05) is 36.5 Å². The van der Waals surface area contributed by atoms with Crippen molar-refractivity contribution in [3.05, 3.63) is 22.6 Å². The summed E-state index contributed by atoms with van der Waals surface area (Å²) in [6.07, 6.45) is -1.84. The van der Waals surface area contributed by atoms with Crippen molar-refractivity contribution < 1.29 is 18.0 Å². The van der Waals surface area contributed by atoms with Gasteiger partial charge in [-0.1, -0.05) is 27.2 Å². The van der Waals surface area contributed by atoms with Crippen LogP contribution >= 0.6 is 11.3 Å². The molecule has 5 heterocycles. The Morgan fingerprint density at radius 1 is 1.17 bits per heavy atom. The first kappa shape index (κ1) is 24.7. The second-order valence-electron chi connectivity index (χ2n) is 10.1. The average molecular weight is 523 g/mol. The van der Waals surface area contributed by atoms with Crippen molar-refractivity contribution in [1.29, 1.82) is 0 Å². The summed E-state index contributed by atoms with van der Waals surface area (Å²) in [6.45, 7) is 7.79. The molecule has 3 aromatic heterocycles. The largest absolute Gasteiger partial charge is 0.451 e. The van der Waals surface area contributed by atoms with Crippen molar-refractivity contribution in [3.8, 4) is 0 Å². The number of halogens is 3. The van der Waals surface area contributed by atoms with Gasteiger partial charge in [0.15, 0.2) is 5.82 Å². The van der Waals surface area contributed by atoms with Gasteiger partial charge in [0.2, 0.25) is 17.7 Å². The third-order valence-corrected chi connectivity index (χ3v) is 8.43. The van der Waals surface area contributed by atoms with E-state index in [4.69, 9.17) is 15.7 Å². The molecule has 0 unspecified atom stereocenters. The maximum Gasteiger partial charge on any atom is 0.451 e. The Labute approximate surface area is 210 Å². The molecule has 2 aliphatic rings. The summed E-state index contributed by atoms with van der Waals surface area (Å²) in [5.41, 5.74) is 5.01. The zero-order chi connectivity index (χ0) is 25.8. The molecule has 5 rings (SSSR count). The van der Waals surface area contributed by atoms with Gasteiger partial charge in [-0.05, 0) is 24.8 Å². The lowest BCUT2D eigenvalue weighted by atomic mass is 9.78. The SMILES string of the molecule is CCCc1cc2c(N3CCn4c(nnc4C(F)(F)F)C3)nc(N3CC[C@H](C(C)(C)C(N)=O)C3)nc2s1. The highest BCUT2D eigenvalue weighted by atomic mass is 32.1. The summed E-state index contributed by atoms with van der Waals surface area (Å²) in [4.78, 5) is 27.9. The second kappa shape index (κ2) is 8.86. The standard InChI is InChI=1S/C23H29F3N8OS/c1-4-5-14-10-15-17(32-8-9-34-16(12-32)30-31-20(34)23(24,25)26)28-21(29-18(15)36-14)33-7-6-13(11-33)22(2,3)19(27)35/h10,13H,4-9,11-12H2,1-3H3,(H2,27,35)/t13-/m0/s1. The molecule has 0 aromatic carbocycles. The van der Waals surface area contributed by atoms with Gasteiger partial charge >= 0.3 is 6.18 Å². The lowest BCUT2D eigenvalue weighted by Crippen LogP contribution is -2.40. The maximum atomic E-state index is 13.3. The van der Waals surface area contributed by atoms with Crippen LogP contribution in [0, 0.1) is 11.3 Å². The molecule has 0 aliphatic carbocycles. The quantitative estimate of drug-likeness (QED) is 0.527. The van der Waals surface area contributed by atoms with Crippen LogP contribution in [0.5, 0.6) is 0 Å². The molecule has 2 N–H and O–H groups in total. The zero-order valence-electron chi connectivity index (χ0n) is 20.5. The molecule has 0 bridgehead atoms. The van der Waals surface area contributed by atoms with Gasteiger partial charge in [-0.15, -0.1) is 21.5 Å². The number of carbonyl (C=O) groups excluding carboxylic acids is 1. The van der Waals surface area contributed by atoms with E-state index in [0.717, 1.165) is 34.0 Å². The molecular formula is C23H29F3N8OS. The smallest absolute Gasteiger partial charge is 0.369 e. The van der Waals surface area contributed by atoms with Crippen molar-refractivity contribution in [2.45, 2.75) is 59.3 Å². The number of thiophene rings is 1. The topological polar surface area (TPSA) is 106 Å². The average Bonchev–Trinajstić information content (AvgIpc) is 3.55. The molecule has 36 heavy (non-hydrogen) atoms. The van der Waals surface area contributed by atoms with Crippen LogP contribution in [0.3, 0.4) is 0 Å². The number of amides is 1. The van der Waals surface area contributed by atoms with Crippen LogP contribution in [0.25, 0.3) is 10.2 Å². The number of carbonyl (C=O) groups is 1. The summed E-state index contributed by atoms with van der Waals surface area (Å²) < 4.78 is 41.1. The minimum atomic E-state index is -4.55. The first-order valence-corrected chi connectivity index (χ1v) is 12.9. The predicted octanol–water partition coefficient (Wildman–Crippen LogP) is 3.61. The number of fused-ring (bicyclic) bond motifs is 2. The van der Waals surface area contributed by atoms with E-state index in [-0.39, 0.29) is 30.7 Å². The number of aromatic nitrogens is 5. The van der Waals surface area contributed by atoms with Gasteiger partial charge < -0.3 is 20.1 Å². The molecule has 0 radical (unpaired) electrons. The third-order valence-electron chi connectivity index (χ3n) is 7.34. The lowest BCUT2D eigenvalue weighted by molar-refractivity contribution is -0.147. The van der Waals surface area contributed by atoms with E-state index in [1.54, 1.807) is 11.3 Å². The fourth-order valence-electron chi connectivity index (χ4n) is 4.98. The van der Waals surface area contributed by atoms with E-state index in [9.17, 15) is 18.0 Å². The molecular weight excluding hydrogens is 493 g/mol. The van der Waals surface area contributed by atoms with Gasteiger partial charge in [-0.3, -0.25) is 4.79 Å². The van der Waals surface area contributed by atoms with Crippen LogP contribution in [0.4, 0.5) is 24.9 Å². The summed E-state index contributed by atoms with van der Waals surface area (Å²) in [5, 5.41) is 8.11. The van der Waals surface area contributed by atoms with Gasteiger partial charge in [0.1, 0.15) is 10.6 Å². The Hall–Kier alpha value is -2.96. The highest BCUT2D eigenvalue weighted by molar-refractivity contribution is 7.18.